The summed E-state index contributed by atoms with van der Waals surface area (Å²) in [5.74, 6) is 1.91. The lowest BCUT2D eigenvalue weighted by atomic mass is 9.78. The highest BCUT2D eigenvalue weighted by Gasteiger charge is 2.41. The number of likely N-dealkylation sites (tertiary alicyclic amines) is 1. The van der Waals surface area contributed by atoms with Crippen molar-refractivity contribution in [3.63, 3.8) is 0 Å². The number of imidazole rings is 1. The van der Waals surface area contributed by atoms with Gasteiger partial charge in [-0.3, -0.25) is 9.47 Å². The minimum atomic E-state index is 0.167. The van der Waals surface area contributed by atoms with Crippen molar-refractivity contribution in [2.75, 3.05) is 36.8 Å². The van der Waals surface area contributed by atoms with Gasteiger partial charge < -0.3 is 10.6 Å². The van der Waals surface area contributed by atoms with Gasteiger partial charge in [-0.15, -0.1) is 0 Å². The summed E-state index contributed by atoms with van der Waals surface area (Å²) >= 11 is 0. The number of aromatic nitrogens is 7. The highest BCUT2D eigenvalue weighted by Crippen LogP contribution is 2.41. The molecule has 2 aromatic carbocycles. The Morgan fingerprint density at radius 3 is 2.40 bits per heavy atom. The van der Waals surface area contributed by atoms with Gasteiger partial charge in [0.2, 0.25) is 11.8 Å². The Labute approximate surface area is 272 Å². The summed E-state index contributed by atoms with van der Waals surface area (Å²) in [6.07, 6.45) is 6.48. The monoisotopic (exact) mass is 619 g/mol. The third-order valence-corrected chi connectivity index (χ3v) is 9.54. The van der Waals surface area contributed by atoms with Crippen LogP contribution in [0.5, 0.6) is 0 Å². The highest BCUT2D eigenvalue weighted by molar-refractivity contribution is 5.84. The van der Waals surface area contributed by atoms with Crippen LogP contribution in [-0.4, -0.2) is 65.5 Å². The number of hydrogen-bond donors (Lipinski definition) is 1. The number of hydrogen-bond acceptors (Lipinski definition) is 10. The van der Waals surface area contributed by atoms with E-state index in [0.717, 1.165) is 79.2 Å². The number of fused-ring (bicyclic) bond motifs is 1. The maximum Gasteiger partial charge on any atom is 0.236 e. The fraction of sp³-hybridized carbons (Fsp3) is 0.250. The van der Waals surface area contributed by atoms with Crippen LogP contribution in [0.3, 0.4) is 0 Å². The first-order valence-electron chi connectivity index (χ1n) is 15.9. The third kappa shape index (κ3) is 5.53. The Balaban J connectivity index is 1.03. The number of anilines is 2. The third-order valence-electron chi connectivity index (χ3n) is 9.54. The predicted molar refractivity (Wildman–Crippen MR) is 180 cm³/mol. The standard InChI is InChI=1S/C36H33N11/c37-21-31-40-24-41-35(44-31)46-19-15-36(16-20-46)14-18-45(23-36)22-25-8-10-27(11-9-25)47-33(28-7-4-17-39-32(28)38)43-30-13-12-29(42-34(30)47)26-5-2-1-3-6-26/h1-13,17,24H,14-16,18-20,22-23H2,(H2,38,39). The van der Waals surface area contributed by atoms with Crippen LogP contribution in [0, 0.1) is 16.7 Å². The molecule has 1 spiro atoms. The SMILES string of the molecule is N#Cc1ncnc(N2CCC3(CCN(Cc4ccc(-n5c(-c6cccnc6N)nc6ccc(-c7ccccc7)nc65)cc4)C3)CC2)n1. The van der Waals surface area contributed by atoms with Crippen LogP contribution in [0.2, 0.25) is 0 Å². The van der Waals surface area contributed by atoms with E-state index in [1.807, 2.05) is 48.5 Å². The second-order valence-electron chi connectivity index (χ2n) is 12.4. The largest absolute Gasteiger partial charge is 0.383 e. The van der Waals surface area contributed by atoms with E-state index in [1.54, 1.807) is 6.20 Å². The summed E-state index contributed by atoms with van der Waals surface area (Å²) in [6.45, 7) is 4.83. The first-order chi connectivity index (χ1) is 23.1. The van der Waals surface area contributed by atoms with Gasteiger partial charge >= 0.3 is 0 Å². The van der Waals surface area contributed by atoms with Crippen molar-refractivity contribution >= 4 is 22.9 Å². The number of nitrogens with zero attached hydrogens (tertiary/aromatic N) is 10. The smallest absolute Gasteiger partial charge is 0.236 e. The zero-order valence-electron chi connectivity index (χ0n) is 25.9. The van der Waals surface area contributed by atoms with Crippen LogP contribution in [-0.2, 0) is 6.54 Å². The number of piperidine rings is 1. The number of nitrogens with two attached hydrogens (primary N) is 1. The Bertz CT molecular complexity index is 2090. The molecule has 11 nitrogen and oxygen atoms in total. The molecule has 0 aliphatic carbocycles. The second kappa shape index (κ2) is 11.9. The molecule has 47 heavy (non-hydrogen) atoms. The van der Waals surface area contributed by atoms with Gasteiger partial charge in [-0.25, -0.2) is 24.9 Å². The molecular weight excluding hydrogens is 586 g/mol. The van der Waals surface area contributed by atoms with Crippen LogP contribution >= 0.6 is 0 Å². The van der Waals surface area contributed by atoms with E-state index in [4.69, 9.17) is 21.0 Å². The summed E-state index contributed by atoms with van der Waals surface area (Å²) in [7, 11) is 0. The first-order valence-corrected chi connectivity index (χ1v) is 15.9. The molecule has 8 rings (SSSR count). The lowest BCUT2D eigenvalue weighted by molar-refractivity contribution is 0.205. The number of rotatable bonds is 6. The van der Waals surface area contributed by atoms with E-state index in [-0.39, 0.29) is 5.82 Å². The molecule has 232 valence electrons. The maximum absolute atomic E-state index is 9.16. The Kier molecular flexibility index (Phi) is 7.27. The van der Waals surface area contributed by atoms with Crippen LogP contribution in [0.25, 0.3) is 39.5 Å². The van der Waals surface area contributed by atoms with Crippen molar-refractivity contribution in [3.05, 3.63) is 103 Å². The van der Waals surface area contributed by atoms with Gasteiger partial charge in [0.05, 0.1) is 11.3 Å². The van der Waals surface area contributed by atoms with Crippen molar-refractivity contribution in [1.82, 2.24) is 39.4 Å². The van der Waals surface area contributed by atoms with E-state index >= 15 is 0 Å². The average Bonchev–Trinajstić information content (AvgIpc) is 3.70. The van der Waals surface area contributed by atoms with Gasteiger partial charge in [0.15, 0.2) is 11.5 Å². The molecule has 0 bridgehead atoms. The molecule has 0 saturated carbocycles. The van der Waals surface area contributed by atoms with Gasteiger partial charge in [-0.2, -0.15) is 10.2 Å². The van der Waals surface area contributed by atoms with Crippen LogP contribution in [0.15, 0.2) is 91.4 Å². The van der Waals surface area contributed by atoms with Gasteiger partial charge in [-0.05, 0) is 73.2 Å². The molecule has 6 heterocycles. The number of nitriles is 1. The molecule has 0 amide bonds. The Morgan fingerprint density at radius 1 is 0.809 bits per heavy atom. The molecular formula is C36H33N11. The molecule has 2 aliphatic heterocycles. The molecule has 11 heteroatoms. The molecule has 2 N–H and O–H groups in total. The molecule has 0 unspecified atom stereocenters. The Hall–Kier alpha value is -5.73. The van der Waals surface area contributed by atoms with E-state index in [9.17, 15) is 0 Å². The zero-order chi connectivity index (χ0) is 31.8. The summed E-state index contributed by atoms with van der Waals surface area (Å²) < 4.78 is 2.09. The molecule has 6 aromatic rings. The van der Waals surface area contributed by atoms with E-state index < -0.39 is 0 Å². The van der Waals surface area contributed by atoms with Crippen LogP contribution < -0.4 is 10.6 Å². The minimum absolute atomic E-state index is 0.167. The molecule has 0 radical (unpaired) electrons. The van der Waals surface area contributed by atoms with Crippen LogP contribution in [0.4, 0.5) is 11.8 Å². The fourth-order valence-electron chi connectivity index (χ4n) is 7.01. The van der Waals surface area contributed by atoms with Gasteiger partial charge in [0.25, 0.3) is 0 Å². The summed E-state index contributed by atoms with van der Waals surface area (Å²) in [5, 5.41) is 9.16. The Morgan fingerprint density at radius 2 is 1.62 bits per heavy atom. The van der Waals surface area contributed by atoms with E-state index in [1.165, 1.54) is 18.3 Å². The second-order valence-corrected chi connectivity index (χ2v) is 12.4. The number of nitrogen functional groups attached to an aromatic ring is 1. The molecule has 2 fully saturated rings. The first kappa shape index (κ1) is 28.7. The number of benzene rings is 2. The lowest BCUT2D eigenvalue weighted by Crippen LogP contribution is -2.42. The lowest BCUT2D eigenvalue weighted by Gasteiger charge is -2.39. The van der Waals surface area contributed by atoms with E-state index in [0.29, 0.717) is 23.0 Å². The normalized spacial score (nSPS) is 16.1. The quantitative estimate of drug-likeness (QED) is 0.262. The van der Waals surface area contributed by atoms with Gasteiger partial charge in [0, 0.05) is 43.6 Å². The van der Waals surface area contributed by atoms with Gasteiger partial charge in [-0.1, -0.05) is 42.5 Å². The topological polar surface area (TPSA) is 139 Å². The summed E-state index contributed by atoms with van der Waals surface area (Å²) in [5.41, 5.74) is 13.2. The summed E-state index contributed by atoms with van der Waals surface area (Å²) in [6, 6.07) is 28.8. The highest BCUT2D eigenvalue weighted by atomic mass is 15.3. The van der Waals surface area contributed by atoms with Crippen molar-refractivity contribution in [3.8, 4) is 34.4 Å². The molecule has 4 aromatic heterocycles. The van der Waals surface area contributed by atoms with Gasteiger partial charge in [0.1, 0.15) is 23.7 Å². The van der Waals surface area contributed by atoms with E-state index in [2.05, 4.69) is 70.7 Å². The molecule has 0 atom stereocenters. The summed E-state index contributed by atoms with van der Waals surface area (Å²) in [4.78, 5) is 31.7. The average molecular weight is 620 g/mol. The predicted octanol–water partition coefficient (Wildman–Crippen LogP) is 5.28. The van der Waals surface area contributed by atoms with Crippen molar-refractivity contribution in [1.29, 1.82) is 5.26 Å². The zero-order valence-corrected chi connectivity index (χ0v) is 25.9. The van der Waals surface area contributed by atoms with Crippen molar-refractivity contribution < 1.29 is 0 Å². The van der Waals surface area contributed by atoms with Crippen LogP contribution in [0.1, 0.15) is 30.7 Å². The van der Waals surface area contributed by atoms with Crippen molar-refractivity contribution in [2.24, 2.45) is 5.41 Å². The molecule has 2 aliphatic rings. The molecule has 2 saturated heterocycles. The van der Waals surface area contributed by atoms with Crippen molar-refractivity contribution in [2.45, 2.75) is 25.8 Å². The maximum atomic E-state index is 9.16. The minimum Gasteiger partial charge on any atom is -0.383 e. The number of pyridine rings is 2. The fourth-order valence-corrected chi connectivity index (χ4v) is 7.01.